The highest BCUT2D eigenvalue weighted by Crippen LogP contribution is 2.57. The predicted octanol–water partition coefficient (Wildman–Crippen LogP) is 6.62. The van der Waals surface area contributed by atoms with Crippen molar-refractivity contribution >= 4 is 11.6 Å². The molecule has 3 aromatic rings. The largest absolute Gasteiger partial charge is 0.491 e. The van der Waals surface area contributed by atoms with Crippen LogP contribution in [0.15, 0.2) is 48.5 Å². The van der Waals surface area contributed by atoms with Gasteiger partial charge in [0.2, 0.25) is 12.7 Å². The van der Waals surface area contributed by atoms with Gasteiger partial charge in [-0.05, 0) is 48.2 Å². The summed E-state index contributed by atoms with van der Waals surface area (Å²) in [6.07, 6.45) is 4.83. The van der Waals surface area contributed by atoms with Gasteiger partial charge in [-0.25, -0.2) is 4.39 Å². The van der Waals surface area contributed by atoms with Crippen molar-refractivity contribution in [2.75, 3.05) is 31.5 Å². The molecule has 0 radical (unpaired) electrons. The number of unbranched alkanes of at least 4 members (excludes halogenated alkanes) is 3. The molecule has 0 N–H and O–H groups in total. The number of carbonyl (C=O) groups excluding carboxylic acids is 1. The number of amides is 1. The Labute approximate surface area is 222 Å². The van der Waals surface area contributed by atoms with Gasteiger partial charge in [0.1, 0.15) is 17.8 Å². The lowest BCUT2D eigenvalue weighted by Gasteiger charge is -2.24. The number of hydrogen-bond donors (Lipinski definition) is 0. The lowest BCUT2D eigenvalue weighted by atomic mass is 9.74. The highest BCUT2D eigenvalue weighted by molar-refractivity contribution is 6.13. The zero-order valence-electron chi connectivity index (χ0n) is 21.8. The summed E-state index contributed by atoms with van der Waals surface area (Å²) >= 11 is 0. The van der Waals surface area contributed by atoms with E-state index in [2.05, 4.69) is 13.8 Å². The number of halogens is 1. The maximum absolute atomic E-state index is 15.2. The van der Waals surface area contributed by atoms with Gasteiger partial charge < -0.3 is 23.8 Å². The molecule has 3 aromatic carbocycles. The number of fused-ring (bicyclic) bond motifs is 5. The number of benzene rings is 3. The summed E-state index contributed by atoms with van der Waals surface area (Å²) in [4.78, 5) is 16.3. The first kappa shape index (κ1) is 24.6. The molecule has 38 heavy (non-hydrogen) atoms. The van der Waals surface area contributed by atoms with E-state index in [9.17, 15) is 4.79 Å². The quantitative estimate of drug-likeness (QED) is 0.299. The highest BCUT2D eigenvalue weighted by Gasteiger charge is 2.58. The molecule has 0 saturated heterocycles. The Hall–Kier alpha value is -3.74. The molecule has 3 aliphatic rings. The monoisotopic (exact) mass is 517 g/mol. The fourth-order valence-electron chi connectivity index (χ4n) is 5.78. The van der Waals surface area contributed by atoms with E-state index in [1.807, 2.05) is 41.3 Å². The van der Waals surface area contributed by atoms with E-state index in [0.29, 0.717) is 36.0 Å². The Morgan fingerprint density at radius 3 is 2.55 bits per heavy atom. The van der Waals surface area contributed by atoms with Crippen LogP contribution in [0.1, 0.15) is 57.1 Å². The number of carbonyl (C=O) groups is 1. The first-order valence-electron chi connectivity index (χ1n) is 13.5. The lowest BCUT2D eigenvalue weighted by Crippen LogP contribution is -2.43. The molecule has 1 unspecified atom stereocenters. The molecule has 0 bridgehead atoms. The van der Waals surface area contributed by atoms with Crippen LogP contribution in [0.4, 0.5) is 10.1 Å². The Bertz CT molecular complexity index is 1390. The zero-order chi connectivity index (χ0) is 26.3. The fraction of sp³-hybridized carbons (Fsp3) is 0.387. The number of ether oxygens (including phenoxy) is 4. The number of rotatable bonds is 9. The van der Waals surface area contributed by atoms with Crippen LogP contribution in [0.5, 0.6) is 23.0 Å². The Balaban J connectivity index is 1.49. The molecule has 0 aliphatic carbocycles. The maximum atomic E-state index is 15.2. The smallest absolute Gasteiger partial charge is 0.245 e. The van der Waals surface area contributed by atoms with Gasteiger partial charge in [0, 0.05) is 29.4 Å². The Morgan fingerprint density at radius 2 is 1.76 bits per heavy atom. The minimum absolute atomic E-state index is 0.0198. The average Bonchev–Trinajstić information content (AvgIpc) is 3.60. The van der Waals surface area contributed by atoms with Gasteiger partial charge in [-0.1, -0.05) is 51.3 Å². The number of anilines is 1. The molecule has 6 rings (SSSR count). The van der Waals surface area contributed by atoms with E-state index in [0.717, 1.165) is 54.5 Å². The van der Waals surface area contributed by atoms with Crippen molar-refractivity contribution in [1.29, 1.82) is 0 Å². The van der Waals surface area contributed by atoms with Crippen LogP contribution in [0.3, 0.4) is 0 Å². The van der Waals surface area contributed by atoms with Crippen molar-refractivity contribution in [3.63, 3.8) is 0 Å². The molecule has 1 spiro atoms. The third kappa shape index (κ3) is 3.79. The van der Waals surface area contributed by atoms with Crippen LogP contribution in [-0.4, -0.2) is 32.5 Å². The van der Waals surface area contributed by atoms with Gasteiger partial charge in [0.15, 0.2) is 23.1 Å². The second kappa shape index (κ2) is 9.86. The molecule has 3 heterocycles. The topological polar surface area (TPSA) is 57.2 Å². The van der Waals surface area contributed by atoms with E-state index in [-0.39, 0.29) is 25.1 Å². The maximum Gasteiger partial charge on any atom is 0.245 e. The Morgan fingerprint density at radius 1 is 0.947 bits per heavy atom. The third-order valence-electron chi connectivity index (χ3n) is 7.73. The van der Waals surface area contributed by atoms with Crippen LogP contribution < -0.4 is 23.8 Å². The average molecular weight is 518 g/mol. The van der Waals surface area contributed by atoms with Crippen molar-refractivity contribution in [3.8, 4) is 34.1 Å². The molecule has 7 heteroatoms. The van der Waals surface area contributed by atoms with E-state index in [4.69, 9.17) is 18.9 Å². The molecule has 1 atom stereocenters. The minimum atomic E-state index is -1.05. The van der Waals surface area contributed by atoms with Crippen LogP contribution >= 0.6 is 0 Å². The van der Waals surface area contributed by atoms with Crippen molar-refractivity contribution in [2.45, 2.75) is 51.4 Å². The van der Waals surface area contributed by atoms with Gasteiger partial charge in [-0.3, -0.25) is 4.79 Å². The van der Waals surface area contributed by atoms with Crippen LogP contribution in [0.25, 0.3) is 11.1 Å². The van der Waals surface area contributed by atoms with E-state index >= 15 is 4.39 Å². The van der Waals surface area contributed by atoms with E-state index in [1.54, 1.807) is 6.07 Å². The SMILES string of the molecule is CCCCCN1C(=O)C2(COc3cc4c(cc32)OCO4)c2c(-c3ccc(OCCCC)c(F)c3)cccc21. The standard InChI is InChI=1S/C31H32FNO5/c1-3-5-7-13-33-24-10-8-9-21(20-11-12-25(23(32)15-20)35-14-6-4-2)29(24)31(30(33)34)18-36-26-17-28-27(16-22(26)31)37-19-38-28/h8-12,15-17H,3-7,13-14,18-19H2,1-2H3. The molecule has 0 aromatic heterocycles. The summed E-state index contributed by atoms with van der Waals surface area (Å²) in [6, 6.07) is 14.6. The van der Waals surface area contributed by atoms with Crippen molar-refractivity contribution in [2.24, 2.45) is 0 Å². The molecule has 0 saturated carbocycles. The summed E-state index contributed by atoms with van der Waals surface area (Å²) in [5, 5.41) is 0. The van der Waals surface area contributed by atoms with Gasteiger partial charge >= 0.3 is 0 Å². The van der Waals surface area contributed by atoms with Crippen LogP contribution in [-0.2, 0) is 10.2 Å². The van der Waals surface area contributed by atoms with E-state index in [1.165, 1.54) is 6.07 Å². The normalized spacial score (nSPS) is 18.6. The summed E-state index contributed by atoms with van der Waals surface area (Å²) in [5.74, 6) is 1.63. The second-order valence-corrected chi connectivity index (χ2v) is 10.1. The number of nitrogens with zero attached hydrogens (tertiary/aromatic N) is 1. The first-order valence-corrected chi connectivity index (χ1v) is 13.5. The van der Waals surface area contributed by atoms with Gasteiger partial charge in [0.05, 0.1) is 6.61 Å². The van der Waals surface area contributed by atoms with Crippen molar-refractivity contribution in [3.05, 3.63) is 65.5 Å². The van der Waals surface area contributed by atoms with Gasteiger partial charge in [-0.2, -0.15) is 0 Å². The summed E-state index contributed by atoms with van der Waals surface area (Å²) in [5.41, 5.74) is 2.90. The summed E-state index contributed by atoms with van der Waals surface area (Å²) in [7, 11) is 0. The second-order valence-electron chi connectivity index (χ2n) is 10.1. The first-order chi connectivity index (χ1) is 18.6. The van der Waals surface area contributed by atoms with Crippen LogP contribution in [0.2, 0.25) is 0 Å². The van der Waals surface area contributed by atoms with E-state index < -0.39 is 11.2 Å². The van der Waals surface area contributed by atoms with Gasteiger partial charge in [-0.15, -0.1) is 0 Å². The molecule has 6 nitrogen and oxygen atoms in total. The number of hydrogen-bond acceptors (Lipinski definition) is 5. The summed E-state index contributed by atoms with van der Waals surface area (Å²) < 4.78 is 38.2. The van der Waals surface area contributed by atoms with Crippen molar-refractivity contribution < 1.29 is 28.1 Å². The lowest BCUT2D eigenvalue weighted by molar-refractivity contribution is -0.122. The third-order valence-corrected chi connectivity index (χ3v) is 7.73. The molecular weight excluding hydrogens is 485 g/mol. The molecule has 198 valence electrons. The molecular formula is C31H32FNO5. The zero-order valence-corrected chi connectivity index (χ0v) is 21.8. The van der Waals surface area contributed by atoms with Crippen molar-refractivity contribution in [1.82, 2.24) is 0 Å². The predicted molar refractivity (Wildman–Crippen MR) is 143 cm³/mol. The van der Waals surface area contributed by atoms with Gasteiger partial charge in [0.25, 0.3) is 0 Å². The molecule has 3 aliphatic heterocycles. The highest BCUT2D eigenvalue weighted by atomic mass is 19.1. The summed E-state index contributed by atoms with van der Waals surface area (Å²) in [6.45, 7) is 5.60. The van der Waals surface area contributed by atoms with Crippen LogP contribution in [0, 0.1) is 5.82 Å². The fourth-order valence-corrected chi connectivity index (χ4v) is 5.78. The molecule has 0 fully saturated rings. The Kier molecular flexibility index (Phi) is 6.38. The minimum Gasteiger partial charge on any atom is -0.491 e. The molecule has 1 amide bonds.